The van der Waals surface area contributed by atoms with Crippen molar-refractivity contribution in [2.24, 2.45) is 0 Å². The average molecular weight is 400 g/mol. The van der Waals surface area contributed by atoms with Gasteiger partial charge in [-0.05, 0) is 37.6 Å². The van der Waals surface area contributed by atoms with Gasteiger partial charge in [-0.2, -0.15) is 0 Å². The van der Waals surface area contributed by atoms with E-state index >= 15 is 0 Å². The smallest absolute Gasteiger partial charge is 0.317 e. The van der Waals surface area contributed by atoms with Crippen LogP contribution in [0, 0.1) is 17.0 Å². The maximum atomic E-state index is 11.2. The molecule has 0 fully saturated rings. The lowest BCUT2D eigenvalue weighted by Crippen LogP contribution is -2.38. The molecule has 0 bridgehead atoms. The van der Waals surface area contributed by atoms with Gasteiger partial charge in [-0.25, -0.2) is 0 Å². The molecule has 2 aromatic rings. The Hall–Kier alpha value is -2.84. The lowest BCUT2D eigenvalue weighted by molar-refractivity contribution is -0.384. The molecule has 0 aliphatic heterocycles. The number of hydrogen-bond donors (Lipinski definition) is 1. The molecule has 156 valence electrons. The lowest BCUT2D eigenvalue weighted by atomic mass is 10.1. The van der Waals surface area contributed by atoms with Crippen molar-refractivity contribution in [3.05, 3.63) is 69.5 Å². The van der Waals surface area contributed by atoms with Crippen molar-refractivity contribution in [1.29, 1.82) is 0 Å². The molecule has 0 saturated heterocycles. The molecule has 0 radical (unpaired) electrons. The van der Waals surface area contributed by atoms with Gasteiger partial charge in [-0.3, -0.25) is 24.8 Å². The Bertz CT molecular complexity index is 811. The van der Waals surface area contributed by atoms with E-state index in [2.05, 4.69) is 16.8 Å². The summed E-state index contributed by atoms with van der Waals surface area (Å²) < 4.78 is 0. The Morgan fingerprint density at radius 1 is 1.10 bits per heavy atom. The van der Waals surface area contributed by atoms with E-state index < -0.39 is 10.9 Å². The number of nitrogens with zero attached hydrogens (tertiary/aromatic N) is 4. The Labute approximate surface area is 170 Å². The summed E-state index contributed by atoms with van der Waals surface area (Å²) >= 11 is 0. The molecule has 0 saturated carbocycles. The summed E-state index contributed by atoms with van der Waals surface area (Å²) in [6, 6.07) is 12.4. The molecule has 0 spiro atoms. The highest BCUT2D eigenvalue weighted by molar-refractivity contribution is 5.69. The van der Waals surface area contributed by atoms with Gasteiger partial charge in [0.2, 0.25) is 0 Å². The molecule has 1 aromatic carbocycles. The summed E-state index contributed by atoms with van der Waals surface area (Å²) in [5, 5.41) is 20.0. The molecule has 1 N–H and O–H groups in total. The van der Waals surface area contributed by atoms with E-state index in [1.165, 1.54) is 12.1 Å². The van der Waals surface area contributed by atoms with Crippen LogP contribution in [0.1, 0.15) is 23.9 Å². The van der Waals surface area contributed by atoms with Gasteiger partial charge in [0.15, 0.2) is 0 Å². The number of nitro benzene ring substituents is 1. The van der Waals surface area contributed by atoms with Crippen molar-refractivity contribution in [3.63, 3.8) is 0 Å². The van der Waals surface area contributed by atoms with Crippen LogP contribution in [0.25, 0.3) is 0 Å². The molecule has 0 amide bonds. The van der Waals surface area contributed by atoms with Crippen molar-refractivity contribution in [1.82, 2.24) is 14.8 Å². The summed E-state index contributed by atoms with van der Waals surface area (Å²) in [5.74, 6) is -0.855. The van der Waals surface area contributed by atoms with Gasteiger partial charge in [-0.1, -0.05) is 25.1 Å². The molecule has 0 aliphatic rings. The van der Waals surface area contributed by atoms with Crippen LogP contribution < -0.4 is 0 Å². The first kappa shape index (κ1) is 22.4. The summed E-state index contributed by atoms with van der Waals surface area (Å²) in [5.41, 5.74) is 2.91. The van der Waals surface area contributed by atoms with Gasteiger partial charge < -0.3 is 10.0 Å². The minimum atomic E-state index is -0.855. The molecule has 0 unspecified atom stereocenters. The van der Waals surface area contributed by atoms with Crippen LogP contribution in [0.4, 0.5) is 5.69 Å². The van der Waals surface area contributed by atoms with Crippen molar-refractivity contribution in [3.8, 4) is 0 Å². The fraction of sp³-hybridized carbons (Fsp3) is 0.429. The van der Waals surface area contributed by atoms with Crippen molar-refractivity contribution in [2.75, 3.05) is 32.7 Å². The normalized spacial score (nSPS) is 11.2. The molecular weight excluding hydrogens is 372 g/mol. The number of nitro groups is 1. The van der Waals surface area contributed by atoms with Crippen LogP contribution in [-0.4, -0.2) is 63.5 Å². The molecule has 1 heterocycles. The third-order valence-electron chi connectivity index (χ3n) is 4.73. The van der Waals surface area contributed by atoms with E-state index in [9.17, 15) is 20.0 Å². The number of aliphatic carboxylic acids is 1. The van der Waals surface area contributed by atoms with Crippen molar-refractivity contribution < 1.29 is 14.8 Å². The molecule has 8 nitrogen and oxygen atoms in total. The molecule has 2 rings (SSSR count). The number of hydrogen-bond acceptors (Lipinski definition) is 6. The molecule has 29 heavy (non-hydrogen) atoms. The topological polar surface area (TPSA) is 99.8 Å². The van der Waals surface area contributed by atoms with Gasteiger partial charge in [-0.15, -0.1) is 0 Å². The lowest BCUT2D eigenvalue weighted by Gasteiger charge is -2.26. The Kier molecular flexibility index (Phi) is 8.69. The largest absolute Gasteiger partial charge is 0.480 e. The SMILES string of the molecule is CCN(CCc1ccc([N+](=O)[O-])cc1)CCN(CC(=O)O)Cc1cccc(C)n1. The Morgan fingerprint density at radius 3 is 2.38 bits per heavy atom. The minimum absolute atomic E-state index is 0.0322. The highest BCUT2D eigenvalue weighted by atomic mass is 16.6. The average Bonchev–Trinajstić information content (AvgIpc) is 2.68. The first-order chi connectivity index (χ1) is 13.9. The second-order valence-electron chi connectivity index (χ2n) is 6.98. The number of benzene rings is 1. The van der Waals surface area contributed by atoms with Crippen LogP contribution >= 0.6 is 0 Å². The standard InChI is InChI=1S/C21H28N4O4/c1-3-23(12-11-18-7-9-20(10-8-18)25(28)29)13-14-24(16-21(26)27)15-19-6-4-5-17(2)22-19/h4-10H,3,11-16H2,1-2H3,(H,26,27). The van der Waals surface area contributed by atoms with Crippen LogP contribution in [-0.2, 0) is 17.8 Å². The van der Waals surface area contributed by atoms with Crippen LogP contribution in [0.5, 0.6) is 0 Å². The molecule has 0 atom stereocenters. The number of carboxylic acid groups (broad SMARTS) is 1. The number of carbonyl (C=O) groups is 1. The summed E-state index contributed by atoms with van der Waals surface area (Å²) in [6.07, 6.45) is 0.782. The molecule has 0 aliphatic carbocycles. The van der Waals surface area contributed by atoms with Crippen molar-refractivity contribution in [2.45, 2.75) is 26.8 Å². The van der Waals surface area contributed by atoms with Gasteiger partial charge >= 0.3 is 5.97 Å². The van der Waals surface area contributed by atoms with E-state index in [1.807, 2.05) is 30.0 Å². The quantitative estimate of drug-likeness (QED) is 0.432. The fourth-order valence-corrected chi connectivity index (χ4v) is 3.10. The van der Waals surface area contributed by atoms with E-state index in [0.717, 1.165) is 43.0 Å². The number of pyridine rings is 1. The number of rotatable bonds is 12. The molecular formula is C21H28N4O4. The maximum absolute atomic E-state index is 11.2. The summed E-state index contributed by atoms with van der Waals surface area (Å²) in [6.45, 7) is 7.46. The summed E-state index contributed by atoms with van der Waals surface area (Å²) in [4.78, 5) is 30.2. The second kappa shape index (κ2) is 11.2. The first-order valence-electron chi connectivity index (χ1n) is 9.69. The number of aryl methyl sites for hydroxylation is 1. The highest BCUT2D eigenvalue weighted by Crippen LogP contribution is 2.12. The van der Waals surface area contributed by atoms with E-state index in [1.54, 1.807) is 12.1 Å². The van der Waals surface area contributed by atoms with Gasteiger partial charge in [0.25, 0.3) is 5.69 Å². The molecule has 1 aromatic heterocycles. The second-order valence-corrected chi connectivity index (χ2v) is 6.98. The third kappa shape index (κ3) is 7.97. The number of carboxylic acids is 1. The van der Waals surface area contributed by atoms with Gasteiger partial charge in [0.1, 0.15) is 0 Å². The monoisotopic (exact) mass is 400 g/mol. The highest BCUT2D eigenvalue weighted by Gasteiger charge is 2.13. The Morgan fingerprint density at radius 2 is 1.79 bits per heavy atom. The third-order valence-corrected chi connectivity index (χ3v) is 4.73. The maximum Gasteiger partial charge on any atom is 0.317 e. The zero-order valence-electron chi connectivity index (χ0n) is 17.0. The number of likely N-dealkylation sites (N-methyl/N-ethyl adjacent to an activating group) is 1. The predicted octanol–water partition coefficient (Wildman–Crippen LogP) is 2.75. The van der Waals surface area contributed by atoms with Crippen LogP contribution in [0.15, 0.2) is 42.5 Å². The predicted molar refractivity (Wildman–Crippen MR) is 111 cm³/mol. The van der Waals surface area contributed by atoms with Crippen LogP contribution in [0.2, 0.25) is 0 Å². The van der Waals surface area contributed by atoms with Crippen LogP contribution in [0.3, 0.4) is 0 Å². The van der Waals surface area contributed by atoms with E-state index in [0.29, 0.717) is 13.1 Å². The minimum Gasteiger partial charge on any atom is -0.480 e. The summed E-state index contributed by atoms with van der Waals surface area (Å²) in [7, 11) is 0. The zero-order valence-corrected chi connectivity index (χ0v) is 17.0. The molecule has 8 heteroatoms. The first-order valence-corrected chi connectivity index (χ1v) is 9.69. The Balaban J connectivity index is 1.89. The number of aromatic nitrogens is 1. The van der Waals surface area contributed by atoms with E-state index in [4.69, 9.17) is 0 Å². The van der Waals surface area contributed by atoms with Crippen molar-refractivity contribution >= 4 is 11.7 Å². The fourth-order valence-electron chi connectivity index (χ4n) is 3.10. The zero-order chi connectivity index (χ0) is 21.2. The van der Waals surface area contributed by atoms with Gasteiger partial charge in [0.05, 0.1) is 17.2 Å². The van der Waals surface area contributed by atoms with Gasteiger partial charge in [0, 0.05) is 44.0 Å². The number of non-ortho nitro benzene ring substituents is 1. The van der Waals surface area contributed by atoms with E-state index in [-0.39, 0.29) is 12.2 Å².